The molecule has 0 atom stereocenters. The van der Waals surface area contributed by atoms with Crippen LogP contribution >= 0.6 is 0 Å². The van der Waals surface area contributed by atoms with Gasteiger partial charge in [0.25, 0.3) is 5.91 Å². The number of primary amides is 1. The summed E-state index contributed by atoms with van der Waals surface area (Å²) < 4.78 is 5.12. The fourth-order valence-corrected chi connectivity index (χ4v) is 5.71. The van der Waals surface area contributed by atoms with Gasteiger partial charge in [-0.3, -0.25) is 18.6 Å². The Morgan fingerprint density at radius 2 is 1.45 bits per heavy atom. The molecule has 47 heavy (non-hydrogen) atoms. The van der Waals surface area contributed by atoms with Crippen LogP contribution in [-0.2, 0) is 0 Å². The van der Waals surface area contributed by atoms with E-state index >= 15 is 0 Å². The third-order valence-electron chi connectivity index (χ3n) is 7.60. The highest BCUT2D eigenvalue weighted by Gasteiger charge is 2.26. The number of nitrogens with zero attached hydrogens (tertiary/aromatic N) is 9. The zero-order valence-electron chi connectivity index (χ0n) is 26.4. The number of fused-ring (bicyclic) bond motifs is 2. The average Bonchev–Trinajstić information content (AvgIpc) is 3.87. The number of Topliss-reactive ketones (excluding diaryl/α,β-unsaturated/α-hetero) is 1. The van der Waals surface area contributed by atoms with Crippen molar-refractivity contribution in [3.63, 3.8) is 0 Å². The zero-order chi connectivity index (χ0) is 33.4. The number of carbonyl (C=O) groups excluding carboxylic acids is 2. The first-order valence-electron chi connectivity index (χ1n) is 14.7. The summed E-state index contributed by atoms with van der Waals surface area (Å²) in [6.45, 7) is 9.12. The zero-order valence-corrected chi connectivity index (χ0v) is 26.4. The molecular weight excluding hydrogens is 592 g/mol. The van der Waals surface area contributed by atoms with E-state index in [1.807, 2.05) is 88.4 Å². The van der Waals surface area contributed by atoms with Crippen molar-refractivity contribution in [2.75, 3.05) is 0 Å². The summed E-state index contributed by atoms with van der Waals surface area (Å²) in [4.78, 5) is 32.5. The van der Waals surface area contributed by atoms with Gasteiger partial charge in [-0.25, -0.2) is 14.5 Å². The predicted molar refractivity (Wildman–Crippen MR) is 177 cm³/mol. The Bertz CT molecular complexity index is 2440. The van der Waals surface area contributed by atoms with Crippen molar-refractivity contribution in [3.05, 3.63) is 107 Å². The molecule has 0 aliphatic carbocycles. The summed E-state index contributed by atoms with van der Waals surface area (Å²) in [5, 5.41) is 24.2. The van der Waals surface area contributed by atoms with Gasteiger partial charge in [0.1, 0.15) is 18.0 Å². The minimum absolute atomic E-state index is 0.179. The van der Waals surface area contributed by atoms with Crippen molar-refractivity contribution in [1.29, 1.82) is 5.26 Å². The van der Waals surface area contributed by atoms with Crippen LogP contribution in [0.4, 0.5) is 0 Å². The molecule has 0 unspecified atom stereocenters. The maximum absolute atomic E-state index is 12.0. The Labute approximate surface area is 269 Å². The molecule has 12 nitrogen and oxygen atoms in total. The molecule has 5 aromatic heterocycles. The number of ketones is 1. The van der Waals surface area contributed by atoms with Crippen LogP contribution in [0.25, 0.3) is 50.9 Å². The summed E-state index contributed by atoms with van der Waals surface area (Å²) in [7, 11) is 0. The van der Waals surface area contributed by atoms with Gasteiger partial charge in [-0.1, -0.05) is 66.2 Å². The molecular formula is C35H30N10O2. The van der Waals surface area contributed by atoms with Gasteiger partial charge >= 0.3 is 0 Å². The summed E-state index contributed by atoms with van der Waals surface area (Å²) in [6.07, 6.45) is 4.87. The van der Waals surface area contributed by atoms with Crippen LogP contribution in [0.5, 0.6) is 0 Å². The van der Waals surface area contributed by atoms with Gasteiger partial charge in [0.15, 0.2) is 22.9 Å². The first kappa shape index (κ1) is 30.5. The van der Waals surface area contributed by atoms with E-state index in [1.165, 1.54) is 6.92 Å². The molecule has 7 rings (SSSR count). The smallest absolute Gasteiger partial charge is 0.251 e. The molecule has 1 amide bonds. The maximum atomic E-state index is 12.0. The third kappa shape index (κ3) is 5.19. The number of rotatable bonds is 5. The topological polar surface area (TPSA) is 162 Å². The van der Waals surface area contributed by atoms with Crippen LogP contribution in [0.1, 0.15) is 60.9 Å². The summed E-state index contributed by atoms with van der Waals surface area (Å²) in [5.74, 6) is 0.132. The summed E-state index contributed by atoms with van der Waals surface area (Å²) in [6, 6.07) is 22.1. The fourth-order valence-electron chi connectivity index (χ4n) is 5.71. The number of amides is 1. The second-order valence-electron chi connectivity index (χ2n) is 11.3. The van der Waals surface area contributed by atoms with E-state index in [9.17, 15) is 14.9 Å². The molecule has 7 aromatic rings. The highest BCUT2D eigenvalue weighted by atomic mass is 16.1. The van der Waals surface area contributed by atoms with Gasteiger partial charge in [-0.2, -0.15) is 5.26 Å². The Balaban J connectivity index is 0.000000166. The van der Waals surface area contributed by atoms with E-state index < -0.39 is 5.91 Å². The van der Waals surface area contributed by atoms with Crippen molar-refractivity contribution in [2.24, 2.45) is 5.73 Å². The number of aromatic nitrogens is 8. The molecule has 0 saturated heterocycles. The van der Waals surface area contributed by atoms with Crippen LogP contribution in [0.15, 0.2) is 79.4 Å². The highest BCUT2D eigenvalue weighted by Crippen LogP contribution is 2.26. The van der Waals surface area contributed by atoms with Crippen molar-refractivity contribution in [2.45, 2.75) is 34.6 Å². The van der Waals surface area contributed by atoms with E-state index in [4.69, 9.17) is 10.8 Å². The number of hydrogen-bond donors (Lipinski definition) is 1. The summed E-state index contributed by atoms with van der Waals surface area (Å²) in [5.41, 5.74) is 12.1. The van der Waals surface area contributed by atoms with Crippen LogP contribution in [0.3, 0.4) is 0 Å². The minimum Gasteiger partial charge on any atom is -0.366 e. The lowest BCUT2D eigenvalue weighted by Crippen LogP contribution is -2.26. The van der Waals surface area contributed by atoms with Gasteiger partial charge in [-0.15, -0.1) is 15.3 Å². The lowest BCUT2D eigenvalue weighted by molar-refractivity contribution is 0.0974. The van der Waals surface area contributed by atoms with Gasteiger partial charge in [-0.05, 0) is 45.8 Å². The molecule has 0 saturated carbocycles. The van der Waals surface area contributed by atoms with Crippen molar-refractivity contribution >= 4 is 34.1 Å². The van der Waals surface area contributed by atoms with Crippen LogP contribution in [-0.4, -0.2) is 50.4 Å². The predicted octanol–water partition coefficient (Wildman–Crippen LogP) is 3.97. The fraction of sp³-hybridized carbons (Fsp3) is 0.143. The maximum Gasteiger partial charge on any atom is 0.251 e. The second-order valence-corrected chi connectivity index (χ2v) is 11.3. The molecule has 0 fully saturated rings. The van der Waals surface area contributed by atoms with E-state index in [0.29, 0.717) is 34.0 Å². The highest BCUT2D eigenvalue weighted by molar-refractivity contribution is 6.11. The largest absolute Gasteiger partial charge is 0.366 e. The van der Waals surface area contributed by atoms with Gasteiger partial charge in [0, 0.05) is 23.5 Å². The second kappa shape index (κ2) is 12.1. The first-order chi connectivity index (χ1) is 22.6. The van der Waals surface area contributed by atoms with E-state index in [-0.39, 0.29) is 16.9 Å². The number of hydrogen-bond acceptors (Lipinski definition) is 8. The number of imidazole rings is 1. The molecule has 0 aliphatic rings. The lowest BCUT2D eigenvalue weighted by Gasteiger charge is -2.01. The third-order valence-corrected chi connectivity index (χ3v) is 7.60. The van der Waals surface area contributed by atoms with Gasteiger partial charge in [0.05, 0.1) is 21.8 Å². The van der Waals surface area contributed by atoms with Crippen molar-refractivity contribution in [1.82, 2.24) is 38.7 Å². The standard InChI is InChI=1S/C21H16N4.C14H14N6O2/c1-14(2)19-18(15-9-5-3-6-10-15)17(13-22)21-23-20(24-25(19)21)16-11-7-4-8-12-16;1-7(2)11-10(12(15)22)9(8(3)21)13-17-18-14(20(11)13)19-5-4-16-6-19/h3-12H,1-2H3;4-6H,1-3H3,(H2,15,22). The van der Waals surface area contributed by atoms with E-state index in [0.717, 1.165) is 33.2 Å². The molecule has 5 heterocycles. The SMILES string of the molecule is CC(=O)c1c(C(N)=O)c(=C(C)C)n2c(-n3ccnc3)nnc12.CC(C)=c1c(-c2ccccc2)c(C#N)c2nc(-c3ccccc3)nn12. The number of carbonyl (C=O) groups is 2. The monoisotopic (exact) mass is 622 g/mol. The van der Waals surface area contributed by atoms with E-state index in [1.54, 1.807) is 32.2 Å². The van der Waals surface area contributed by atoms with E-state index in [2.05, 4.69) is 26.2 Å². The molecule has 232 valence electrons. The Kier molecular flexibility index (Phi) is 7.88. The van der Waals surface area contributed by atoms with Crippen molar-refractivity contribution < 1.29 is 9.59 Å². The molecule has 2 N–H and O–H groups in total. The number of benzene rings is 2. The van der Waals surface area contributed by atoms with Crippen LogP contribution in [0.2, 0.25) is 0 Å². The number of nitriles is 1. The molecule has 0 bridgehead atoms. The quantitative estimate of drug-likeness (QED) is 0.282. The van der Waals surface area contributed by atoms with Crippen LogP contribution < -0.4 is 16.4 Å². The lowest BCUT2D eigenvalue weighted by atomic mass is 10.0. The Morgan fingerprint density at radius 3 is 1.98 bits per heavy atom. The molecule has 0 radical (unpaired) electrons. The molecule has 2 aromatic carbocycles. The van der Waals surface area contributed by atoms with Gasteiger partial charge in [0.2, 0.25) is 5.95 Å². The number of nitrogens with two attached hydrogens (primary N) is 1. The van der Waals surface area contributed by atoms with Crippen molar-refractivity contribution in [3.8, 4) is 34.5 Å². The normalized spacial score (nSPS) is 10.9. The van der Waals surface area contributed by atoms with Crippen LogP contribution in [0, 0.1) is 11.3 Å². The molecule has 0 spiro atoms. The minimum atomic E-state index is -0.663. The molecule has 0 aliphatic heterocycles. The molecule has 12 heteroatoms. The average molecular weight is 623 g/mol. The first-order valence-corrected chi connectivity index (χ1v) is 14.7. The van der Waals surface area contributed by atoms with Gasteiger partial charge < -0.3 is 5.73 Å². The Hall–Kier alpha value is -6.48. The summed E-state index contributed by atoms with van der Waals surface area (Å²) >= 11 is 0. The Morgan fingerprint density at radius 1 is 0.809 bits per heavy atom.